The Morgan fingerprint density at radius 3 is 2.64 bits per heavy atom. The number of halogens is 1. The molecule has 2 N–H and O–H groups in total. The van der Waals surface area contributed by atoms with E-state index in [1.54, 1.807) is 13.2 Å². The average Bonchev–Trinajstić information content (AvgIpc) is 2.55. The van der Waals surface area contributed by atoms with Crippen molar-refractivity contribution in [3.05, 3.63) is 59.8 Å². The van der Waals surface area contributed by atoms with Crippen LogP contribution in [0, 0.1) is 0 Å². The Bertz CT molecular complexity index is 590. The van der Waals surface area contributed by atoms with Crippen LogP contribution >= 0.6 is 24.0 Å². The summed E-state index contributed by atoms with van der Waals surface area (Å²) in [5, 5.41) is 6.17. The normalized spacial score (nSPS) is 10.5. The lowest BCUT2D eigenvalue weighted by molar-refractivity contribution is 0.293. The van der Waals surface area contributed by atoms with Crippen LogP contribution in [0.4, 0.5) is 0 Å². The van der Waals surface area contributed by atoms with Gasteiger partial charge < -0.3 is 15.4 Å². The Hall–Kier alpha value is -1.83. The first-order chi connectivity index (χ1) is 10.3. The molecule has 0 amide bonds. The van der Waals surface area contributed by atoms with E-state index in [4.69, 9.17) is 4.74 Å². The van der Waals surface area contributed by atoms with Gasteiger partial charge in [0.25, 0.3) is 0 Å². The number of pyridine rings is 1. The average molecular weight is 412 g/mol. The molecule has 0 aliphatic rings. The van der Waals surface area contributed by atoms with Gasteiger partial charge in [-0.25, -0.2) is 4.98 Å². The van der Waals surface area contributed by atoms with Crippen molar-refractivity contribution in [2.75, 3.05) is 14.1 Å². The number of rotatable bonds is 5. The monoisotopic (exact) mass is 412 g/mol. The molecule has 2 aromatic rings. The molecule has 0 aliphatic heterocycles. The maximum atomic E-state index is 5.71. The van der Waals surface area contributed by atoms with Crippen LogP contribution in [-0.2, 0) is 13.2 Å². The van der Waals surface area contributed by atoms with Crippen molar-refractivity contribution in [3.63, 3.8) is 0 Å². The van der Waals surface area contributed by atoms with Crippen molar-refractivity contribution < 1.29 is 4.74 Å². The van der Waals surface area contributed by atoms with E-state index in [-0.39, 0.29) is 24.0 Å². The fourth-order valence-electron chi connectivity index (χ4n) is 1.84. The summed E-state index contributed by atoms with van der Waals surface area (Å²) in [6.45, 7) is 1.18. The first-order valence-electron chi connectivity index (χ1n) is 6.82. The molecule has 6 heteroatoms. The lowest BCUT2D eigenvalue weighted by atomic mass is 10.2. The fraction of sp³-hybridized carbons (Fsp3) is 0.250. The van der Waals surface area contributed by atoms with Crippen LogP contribution in [0.15, 0.2) is 53.7 Å². The Morgan fingerprint density at radius 1 is 1.18 bits per heavy atom. The first kappa shape index (κ1) is 18.2. The summed E-state index contributed by atoms with van der Waals surface area (Å²) in [6.07, 6.45) is 1.75. The fourth-order valence-corrected chi connectivity index (χ4v) is 1.84. The van der Waals surface area contributed by atoms with Gasteiger partial charge in [-0.2, -0.15) is 0 Å². The number of ether oxygens (including phenoxy) is 1. The maximum Gasteiger partial charge on any atom is 0.213 e. The number of nitrogens with one attached hydrogen (secondary N) is 2. The van der Waals surface area contributed by atoms with Gasteiger partial charge in [-0.3, -0.25) is 4.99 Å². The van der Waals surface area contributed by atoms with Gasteiger partial charge in [-0.1, -0.05) is 30.3 Å². The highest BCUT2D eigenvalue weighted by Gasteiger charge is 2.00. The quantitative estimate of drug-likeness (QED) is 0.451. The highest BCUT2D eigenvalue weighted by Crippen LogP contribution is 2.11. The second-order valence-electron chi connectivity index (χ2n) is 4.45. The number of aliphatic imine (C=N–C) groups is 1. The van der Waals surface area contributed by atoms with Crippen LogP contribution in [0.25, 0.3) is 0 Å². The Labute approximate surface area is 148 Å². The van der Waals surface area contributed by atoms with Gasteiger partial charge in [-0.05, 0) is 17.2 Å². The summed E-state index contributed by atoms with van der Waals surface area (Å²) in [7, 11) is 3.57. The van der Waals surface area contributed by atoms with Crippen LogP contribution in [-0.4, -0.2) is 25.0 Å². The van der Waals surface area contributed by atoms with Gasteiger partial charge >= 0.3 is 0 Å². The molecular formula is C16H21IN4O. The third-order valence-electron chi connectivity index (χ3n) is 2.95. The molecule has 0 saturated carbocycles. The third kappa shape index (κ3) is 5.88. The SMILES string of the molecule is CN=C(NC)NCc1ccnc(OCc2ccccc2)c1.I. The lowest BCUT2D eigenvalue weighted by Gasteiger charge is -2.10. The standard InChI is InChI=1S/C16H20N4O.HI/c1-17-16(18-2)20-11-14-8-9-19-15(10-14)21-12-13-6-4-3-5-7-13;/h3-10H,11-12H2,1-2H3,(H2,17,18,20);1H. The molecule has 1 aromatic carbocycles. The third-order valence-corrected chi connectivity index (χ3v) is 2.95. The molecule has 0 radical (unpaired) electrons. The van der Waals surface area contributed by atoms with Crippen LogP contribution in [0.1, 0.15) is 11.1 Å². The minimum atomic E-state index is 0. The highest BCUT2D eigenvalue weighted by atomic mass is 127. The topological polar surface area (TPSA) is 58.5 Å². The Morgan fingerprint density at radius 2 is 1.95 bits per heavy atom. The van der Waals surface area contributed by atoms with Crippen molar-refractivity contribution >= 4 is 29.9 Å². The molecule has 118 valence electrons. The van der Waals surface area contributed by atoms with Gasteiger partial charge in [0.1, 0.15) is 6.61 Å². The summed E-state index contributed by atoms with van der Waals surface area (Å²) in [6, 6.07) is 13.9. The zero-order valence-electron chi connectivity index (χ0n) is 12.7. The van der Waals surface area contributed by atoms with Crippen molar-refractivity contribution in [1.29, 1.82) is 0 Å². The van der Waals surface area contributed by atoms with Gasteiger partial charge in [0, 0.05) is 32.9 Å². The van der Waals surface area contributed by atoms with Crippen molar-refractivity contribution in [3.8, 4) is 5.88 Å². The number of benzene rings is 1. The number of nitrogens with zero attached hydrogens (tertiary/aromatic N) is 2. The maximum absolute atomic E-state index is 5.71. The lowest BCUT2D eigenvalue weighted by Crippen LogP contribution is -2.34. The van der Waals surface area contributed by atoms with Gasteiger partial charge in [0.15, 0.2) is 5.96 Å². The van der Waals surface area contributed by atoms with E-state index in [1.165, 1.54) is 0 Å². The summed E-state index contributed by atoms with van der Waals surface area (Å²) in [5.74, 6) is 1.37. The van der Waals surface area contributed by atoms with E-state index >= 15 is 0 Å². The minimum Gasteiger partial charge on any atom is -0.473 e. The molecule has 0 unspecified atom stereocenters. The van der Waals surface area contributed by atoms with E-state index < -0.39 is 0 Å². The molecule has 2 rings (SSSR count). The summed E-state index contributed by atoms with van der Waals surface area (Å²) < 4.78 is 5.71. The van der Waals surface area contributed by atoms with Crippen molar-refractivity contribution in [2.24, 2.45) is 4.99 Å². The van der Waals surface area contributed by atoms with Gasteiger partial charge in [-0.15, -0.1) is 24.0 Å². The summed E-state index contributed by atoms with van der Waals surface area (Å²) in [5.41, 5.74) is 2.21. The van der Waals surface area contributed by atoms with E-state index in [0.717, 1.165) is 17.1 Å². The van der Waals surface area contributed by atoms with Crippen LogP contribution < -0.4 is 15.4 Å². The number of aromatic nitrogens is 1. The molecule has 0 bridgehead atoms. The molecule has 22 heavy (non-hydrogen) atoms. The molecular weight excluding hydrogens is 391 g/mol. The first-order valence-corrected chi connectivity index (χ1v) is 6.82. The van der Waals surface area contributed by atoms with Crippen LogP contribution in [0.3, 0.4) is 0 Å². The number of hydrogen-bond donors (Lipinski definition) is 2. The largest absolute Gasteiger partial charge is 0.473 e. The molecule has 1 heterocycles. The summed E-state index contributed by atoms with van der Waals surface area (Å²) in [4.78, 5) is 8.29. The van der Waals surface area contributed by atoms with E-state index in [9.17, 15) is 0 Å². The van der Waals surface area contributed by atoms with Gasteiger partial charge in [0.05, 0.1) is 0 Å². The van der Waals surface area contributed by atoms with Gasteiger partial charge in [0.2, 0.25) is 5.88 Å². The van der Waals surface area contributed by atoms with E-state index in [2.05, 4.69) is 20.6 Å². The molecule has 0 fully saturated rings. The molecule has 0 aliphatic carbocycles. The Balaban J connectivity index is 0.00000242. The molecule has 5 nitrogen and oxygen atoms in total. The molecule has 0 atom stereocenters. The molecule has 1 aromatic heterocycles. The zero-order chi connectivity index (χ0) is 14.9. The zero-order valence-corrected chi connectivity index (χ0v) is 15.1. The molecule has 0 saturated heterocycles. The van der Waals surface area contributed by atoms with E-state index in [0.29, 0.717) is 19.0 Å². The Kier molecular flexibility index (Phi) is 8.27. The minimum absolute atomic E-state index is 0. The smallest absolute Gasteiger partial charge is 0.213 e. The molecule has 0 spiro atoms. The predicted molar refractivity (Wildman–Crippen MR) is 99.7 cm³/mol. The van der Waals surface area contributed by atoms with Crippen molar-refractivity contribution in [1.82, 2.24) is 15.6 Å². The van der Waals surface area contributed by atoms with Crippen LogP contribution in [0.2, 0.25) is 0 Å². The number of guanidine groups is 1. The number of hydrogen-bond acceptors (Lipinski definition) is 3. The second kappa shape index (κ2) is 9.99. The highest BCUT2D eigenvalue weighted by molar-refractivity contribution is 14.0. The summed E-state index contributed by atoms with van der Waals surface area (Å²) >= 11 is 0. The second-order valence-corrected chi connectivity index (χ2v) is 4.45. The van der Waals surface area contributed by atoms with Crippen LogP contribution in [0.5, 0.6) is 5.88 Å². The predicted octanol–water partition coefficient (Wildman–Crippen LogP) is 2.57. The van der Waals surface area contributed by atoms with E-state index in [1.807, 2.05) is 49.5 Å². The van der Waals surface area contributed by atoms with Crippen molar-refractivity contribution in [2.45, 2.75) is 13.2 Å².